The van der Waals surface area contributed by atoms with E-state index in [4.69, 9.17) is 24.4 Å². The summed E-state index contributed by atoms with van der Waals surface area (Å²) in [6.45, 7) is 4.10. The van der Waals surface area contributed by atoms with Gasteiger partial charge in [0.05, 0.1) is 25.2 Å². The molecule has 27 heavy (non-hydrogen) atoms. The zero-order valence-corrected chi connectivity index (χ0v) is 15.4. The van der Waals surface area contributed by atoms with Crippen molar-refractivity contribution in [3.8, 4) is 23.5 Å². The third-order valence-electron chi connectivity index (χ3n) is 4.23. The molecule has 0 saturated carbocycles. The fourth-order valence-electron chi connectivity index (χ4n) is 3.02. The number of aryl methyl sites for hydroxylation is 1. The number of hydrogen-bond donors (Lipinski definition) is 1. The topological polar surface area (TPSA) is 108 Å². The first-order valence-electron chi connectivity index (χ1n) is 8.53. The van der Waals surface area contributed by atoms with Gasteiger partial charge in [0.25, 0.3) is 5.95 Å². The Morgan fingerprint density at radius 3 is 2.78 bits per heavy atom. The molecule has 2 aromatic rings. The molecule has 1 aliphatic rings. The van der Waals surface area contributed by atoms with Crippen molar-refractivity contribution in [2.24, 2.45) is 5.73 Å². The van der Waals surface area contributed by atoms with E-state index in [1.807, 2.05) is 6.92 Å². The van der Waals surface area contributed by atoms with Gasteiger partial charge in [-0.1, -0.05) is 13.0 Å². The summed E-state index contributed by atoms with van der Waals surface area (Å²) in [4.78, 5) is 12.7. The lowest BCUT2D eigenvalue weighted by molar-refractivity contribution is 0.273. The number of fused-ring (bicyclic) bond motifs is 1. The predicted octanol–water partition coefficient (Wildman–Crippen LogP) is 2.96. The lowest BCUT2D eigenvalue weighted by Gasteiger charge is -2.26. The molecule has 2 N–H and O–H groups in total. The molecule has 0 unspecified atom stereocenters. The Hall–Kier alpha value is -3.40. The summed E-state index contributed by atoms with van der Waals surface area (Å²) in [5, 5.41) is 9.67. The molecule has 0 fully saturated rings. The van der Waals surface area contributed by atoms with Crippen LogP contribution in [0.4, 0.5) is 0 Å². The quantitative estimate of drug-likeness (QED) is 0.864. The number of hydrogen-bond acceptors (Lipinski definition) is 7. The number of methoxy groups -OCH3 is 1. The van der Waals surface area contributed by atoms with Crippen LogP contribution in [0.1, 0.15) is 36.1 Å². The smallest absolute Gasteiger partial charge is 0.299 e. The van der Waals surface area contributed by atoms with E-state index >= 15 is 0 Å². The highest BCUT2D eigenvalue weighted by Crippen LogP contribution is 2.44. The van der Waals surface area contributed by atoms with Gasteiger partial charge in [-0.25, -0.2) is 0 Å². The average molecular weight is 368 g/mol. The summed E-state index contributed by atoms with van der Waals surface area (Å²) >= 11 is 0. The second-order valence-electron chi connectivity index (χ2n) is 6.10. The first-order valence-corrected chi connectivity index (χ1v) is 8.53. The Kier molecular flexibility index (Phi) is 5.08. The largest absolute Gasteiger partial charge is 0.497 e. The van der Waals surface area contributed by atoms with Gasteiger partial charge < -0.3 is 24.4 Å². The first kappa shape index (κ1) is 18.4. The van der Waals surface area contributed by atoms with Crippen LogP contribution in [0.15, 0.2) is 44.9 Å². The second-order valence-corrected chi connectivity index (χ2v) is 6.10. The Balaban J connectivity index is 2.27. The fourth-order valence-corrected chi connectivity index (χ4v) is 3.02. The van der Waals surface area contributed by atoms with Gasteiger partial charge in [-0.15, -0.1) is 0 Å². The molecule has 1 aliphatic heterocycles. The summed E-state index contributed by atoms with van der Waals surface area (Å²) in [7, 11) is 1.55. The number of allylic oxidation sites excluding steroid dienone is 1. The van der Waals surface area contributed by atoms with Gasteiger partial charge in [0, 0.05) is 17.7 Å². The summed E-state index contributed by atoms with van der Waals surface area (Å²) < 4.78 is 22.1. The SMILES string of the molecule is CCCOc1cc(OC)ccc1[C@@H]1C(C#N)=C(N)Oc2oc(C)cc(=O)c21. The molecule has 2 heterocycles. The maximum Gasteiger partial charge on any atom is 0.299 e. The van der Waals surface area contributed by atoms with Crippen LogP contribution in [0.5, 0.6) is 17.4 Å². The molecule has 0 aliphatic carbocycles. The fraction of sp³-hybridized carbons (Fsp3) is 0.300. The zero-order valence-electron chi connectivity index (χ0n) is 15.4. The van der Waals surface area contributed by atoms with Crippen LogP contribution in [-0.2, 0) is 0 Å². The highest BCUT2D eigenvalue weighted by Gasteiger charge is 2.36. The van der Waals surface area contributed by atoms with Crippen molar-refractivity contribution in [2.75, 3.05) is 13.7 Å². The Bertz CT molecular complexity index is 1000. The van der Waals surface area contributed by atoms with E-state index in [0.717, 1.165) is 6.42 Å². The summed E-state index contributed by atoms with van der Waals surface area (Å²) in [6, 6.07) is 8.64. The van der Waals surface area contributed by atoms with Crippen LogP contribution in [0.25, 0.3) is 0 Å². The van der Waals surface area contributed by atoms with Crippen molar-refractivity contribution in [1.29, 1.82) is 5.26 Å². The molecule has 7 heteroatoms. The lowest BCUT2D eigenvalue weighted by atomic mass is 9.84. The first-order chi connectivity index (χ1) is 13.0. The maximum absolute atomic E-state index is 12.7. The standard InChI is InChI=1S/C20H20N2O5/c1-4-7-25-16-9-12(24-3)5-6-13(16)17-14(10-21)19(22)27-20-18(17)15(23)8-11(2)26-20/h5-6,8-9,17H,4,7,22H2,1-3H3/t17-/m1/s1. The van der Waals surface area contributed by atoms with Gasteiger partial charge in [-0.3, -0.25) is 4.79 Å². The number of rotatable bonds is 5. The minimum absolute atomic E-state index is 0.00115. The van der Waals surface area contributed by atoms with E-state index in [1.54, 1.807) is 32.2 Å². The minimum atomic E-state index is -0.756. The molecule has 1 aromatic carbocycles. The number of nitriles is 1. The molecule has 140 valence electrons. The summed E-state index contributed by atoms with van der Waals surface area (Å²) in [5.74, 6) is 0.647. The van der Waals surface area contributed by atoms with Crippen LogP contribution in [-0.4, -0.2) is 13.7 Å². The van der Waals surface area contributed by atoms with E-state index in [0.29, 0.717) is 29.4 Å². The van der Waals surface area contributed by atoms with Gasteiger partial charge in [0.1, 0.15) is 28.9 Å². The van der Waals surface area contributed by atoms with E-state index in [1.165, 1.54) is 6.07 Å². The number of nitrogens with zero attached hydrogens (tertiary/aromatic N) is 1. The Morgan fingerprint density at radius 1 is 1.33 bits per heavy atom. The predicted molar refractivity (Wildman–Crippen MR) is 97.8 cm³/mol. The van der Waals surface area contributed by atoms with Gasteiger partial charge >= 0.3 is 0 Å². The highest BCUT2D eigenvalue weighted by atomic mass is 16.6. The Morgan fingerprint density at radius 2 is 2.11 bits per heavy atom. The van der Waals surface area contributed by atoms with E-state index in [-0.39, 0.29) is 28.4 Å². The van der Waals surface area contributed by atoms with Gasteiger partial charge in [0.2, 0.25) is 5.88 Å². The molecule has 3 rings (SSSR count). The van der Waals surface area contributed by atoms with Crippen LogP contribution >= 0.6 is 0 Å². The molecule has 1 atom stereocenters. The van der Waals surface area contributed by atoms with Crippen molar-refractivity contribution in [3.63, 3.8) is 0 Å². The van der Waals surface area contributed by atoms with Crippen molar-refractivity contribution in [1.82, 2.24) is 0 Å². The summed E-state index contributed by atoms with van der Waals surface area (Å²) in [6.07, 6.45) is 0.797. The third kappa shape index (κ3) is 3.34. The van der Waals surface area contributed by atoms with E-state index < -0.39 is 5.92 Å². The molecular weight excluding hydrogens is 348 g/mol. The normalized spacial score (nSPS) is 15.6. The highest BCUT2D eigenvalue weighted by molar-refractivity contribution is 5.57. The van der Waals surface area contributed by atoms with Crippen LogP contribution in [0.3, 0.4) is 0 Å². The molecule has 1 aromatic heterocycles. The van der Waals surface area contributed by atoms with Crippen LogP contribution in [0.2, 0.25) is 0 Å². The van der Waals surface area contributed by atoms with Crippen molar-refractivity contribution in [3.05, 3.63) is 62.8 Å². The zero-order chi connectivity index (χ0) is 19.6. The lowest BCUT2D eigenvalue weighted by Crippen LogP contribution is -2.26. The molecule has 7 nitrogen and oxygen atoms in total. The van der Waals surface area contributed by atoms with Crippen LogP contribution in [0, 0.1) is 18.3 Å². The van der Waals surface area contributed by atoms with E-state index in [9.17, 15) is 10.1 Å². The van der Waals surface area contributed by atoms with Crippen LogP contribution < -0.4 is 25.4 Å². The van der Waals surface area contributed by atoms with E-state index in [2.05, 4.69) is 6.07 Å². The third-order valence-corrected chi connectivity index (χ3v) is 4.23. The van der Waals surface area contributed by atoms with Gasteiger partial charge in [0.15, 0.2) is 5.43 Å². The molecule has 0 amide bonds. The monoisotopic (exact) mass is 368 g/mol. The Labute approximate surface area is 156 Å². The number of benzene rings is 1. The average Bonchev–Trinajstić information content (AvgIpc) is 2.64. The van der Waals surface area contributed by atoms with Crippen molar-refractivity contribution in [2.45, 2.75) is 26.2 Å². The maximum atomic E-state index is 12.7. The number of ether oxygens (including phenoxy) is 3. The molecular formula is C20H20N2O5. The van der Waals surface area contributed by atoms with Gasteiger partial charge in [-0.2, -0.15) is 5.26 Å². The van der Waals surface area contributed by atoms with Crippen molar-refractivity contribution < 1.29 is 18.6 Å². The molecule has 0 spiro atoms. The van der Waals surface area contributed by atoms with Crippen molar-refractivity contribution >= 4 is 0 Å². The minimum Gasteiger partial charge on any atom is -0.497 e. The van der Waals surface area contributed by atoms with Gasteiger partial charge in [-0.05, 0) is 19.4 Å². The number of nitrogens with two attached hydrogens (primary N) is 1. The molecule has 0 bridgehead atoms. The molecule has 0 saturated heterocycles. The second kappa shape index (κ2) is 7.46. The molecule has 0 radical (unpaired) electrons. The summed E-state index contributed by atoms with van der Waals surface area (Å²) in [5.41, 5.74) is 6.62.